The molecule has 0 aliphatic heterocycles. The molecular weight excluding hydrogens is 244 g/mol. The first-order valence-corrected chi connectivity index (χ1v) is 5.62. The van der Waals surface area contributed by atoms with Crippen LogP contribution in [0.25, 0.3) is 0 Å². The molecule has 0 atom stereocenters. The molecule has 1 amide bonds. The molecule has 96 valence electrons. The van der Waals surface area contributed by atoms with E-state index in [1.807, 2.05) is 0 Å². The summed E-state index contributed by atoms with van der Waals surface area (Å²) in [6.07, 6.45) is 2.00. The van der Waals surface area contributed by atoms with Crippen molar-refractivity contribution in [2.45, 2.75) is 6.92 Å². The third-order valence-corrected chi connectivity index (χ3v) is 2.54. The summed E-state index contributed by atoms with van der Waals surface area (Å²) in [6, 6.07) is 7.91. The number of carbonyl (C=O) groups is 2. The molecule has 2 rings (SSSR count). The van der Waals surface area contributed by atoms with Gasteiger partial charge in [0.25, 0.3) is 5.91 Å². The average molecular weight is 256 g/mol. The van der Waals surface area contributed by atoms with Gasteiger partial charge in [0.15, 0.2) is 0 Å². The fraction of sp³-hybridized carbons (Fsp3) is 0.0714. The van der Waals surface area contributed by atoms with Gasteiger partial charge in [0.1, 0.15) is 12.0 Å². The number of hydrogen-bond acceptors (Lipinski definition) is 4. The lowest BCUT2D eigenvalue weighted by atomic mass is 10.2. The van der Waals surface area contributed by atoms with Crippen molar-refractivity contribution in [3.8, 4) is 5.75 Å². The van der Waals surface area contributed by atoms with E-state index in [-0.39, 0.29) is 11.3 Å². The topological polar surface area (TPSA) is 79.3 Å². The highest BCUT2D eigenvalue weighted by Crippen LogP contribution is 2.18. The lowest BCUT2D eigenvalue weighted by molar-refractivity contribution is 0.102. The molecule has 0 aliphatic rings. The van der Waals surface area contributed by atoms with E-state index in [1.165, 1.54) is 12.3 Å². The number of aldehydes is 1. The molecule has 0 fully saturated rings. The van der Waals surface area contributed by atoms with Gasteiger partial charge < -0.3 is 10.4 Å². The normalized spacial score (nSPS) is 9.95. The zero-order valence-corrected chi connectivity index (χ0v) is 10.3. The Labute approximate surface area is 109 Å². The first-order chi connectivity index (χ1) is 9.10. The van der Waals surface area contributed by atoms with E-state index in [0.717, 1.165) is 0 Å². The molecule has 1 aromatic heterocycles. The second-order valence-corrected chi connectivity index (χ2v) is 4.04. The van der Waals surface area contributed by atoms with Crippen molar-refractivity contribution >= 4 is 17.9 Å². The number of benzene rings is 1. The smallest absolute Gasteiger partial charge is 0.260 e. The molecule has 0 radical (unpaired) electrons. The molecule has 2 aromatic rings. The predicted molar refractivity (Wildman–Crippen MR) is 70.4 cm³/mol. The molecule has 19 heavy (non-hydrogen) atoms. The standard InChI is InChI=1S/C14H12N2O3/c1-9-5-13(18)12(7-15-9)14(19)16-11-4-2-3-10(6-11)8-17/h2-8H,1H3,(H,15,18)(H,16,19). The highest BCUT2D eigenvalue weighted by atomic mass is 16.3. The minimum absolute atomic E-state index is 0.0853. The van der Waals surface area contributed by atoms with E-state index in [1.54, 1.807) is 31.2 Å². The van der Waals surface area contributed by atoms with Gasteiger partial charge in [-0.1, -0.05) is 12.1 Å². The van der Waals surface area contributed by atoms with Crippen LogP contribution in [0.4, 0.5) is 5.69 Å². The van der Waals surface area contributed by atoms with Crippen LogP contribution in [0.1, 0.15) is 26.4 Å². The molecule has 0 unspecified atom stereocenters. The number of aromatic hydroxyl groups is 1. The molecular formula is C14H12N2O3. The van der Waals surface area contributed by atoms with Crippen LogP contribution in [-0.2, 0) is 0 Å². The highest BCUT2D eigenvalue weighted by molar-refractivity contribution is 6.06. The number of nitrogens with zero attached hydrogens (tertiary/aromatic N) is 1. The van der Waals surface area contributed by atoms with E-state index < -0.39 is 5.91 Å². The molecule has 1 aromatic carbocycles. The summed E-state index contributed by atoms with van der Waals surface area (Å²) in [6.45, 7) is 1.72. The molecule has 0 bridgehead atoms. The van der Waals surface area contributed by atoms with Gasteiger partial charge in [0.05, 0.1) is 5.56 Å². The van der Waals surface area contributed by atoms with Crippen LogP contribution in [0.15, 0.2) is 36.5 Å². The van der Waals surface area contributed by atoms with Crippen LogP contribution < -0.4 is 5.32 Å². The Hall–Kier alpha value is -2.69. The van der Waals surface area contributed by atoms with Gasteiger partial charge in [0.2, 0.25) is 0 Å². The fourth-order valence-corrected chi connectivity index (χ4v) is 1.61. The van der Waals surface area contributed by atoms with Gasteiger partial charge >= 0.3 is 0 Å². The van der Waals surface area contributed by atoms with E-state index in [4.69, 9.17) is 0 Å². The maximum absolute atomic E-state index is 11.9. The van der Waals surface area contributed by atoms with E-state index in [2.05, 4.69) is 10.3 Å². The van der Waals surface area contributed by atoms with Crippen molar-refractivity contribution in [3.05, 3.63) is 53.3 Å². The maximum Gasteiger partial charge on any atom is 0.260 e. The summed E-state index contributed by atoms with van der Waals surface area (Å²) in [4.78, 5) is 26.5. The number of carbonyl (C=O) groups excluding carboxylic acids is 2. The summed E-state index contributed by atoms with van der Waals surface area (Å²) < 4.78 is 0. The Morgan fingerprint density at radius 1 is 1.37 bits per heavy atom. The number of nitrogens with one attached hydrogen (secondary N) is 1. The molecule has 2 N–H and O–H groups in total. The summed E-state index contributed by atoms with van der Waals surface area (Å²) >= 11 is 0. The summed E-state index contributed by atoms with van der Waals surface area (Å²) in [5.74, 6) is -0.607. The summed E-state index contributed by atoms with van der Waals surface area (Å²) in [5, 5.41) is 12.3. The summed E-state index contributed by atoms with van der Waals surface area (Å²) in [7, 11) is 0. The number of rotatable bonds is 3. The number of aromatic nitrogens is 1. The van der Waals surface area contributed by atoms with Crippen LogP contribution in [0.2, 0.25) is 0 Å². The van der Waals surface area contributed by atoms with Crippen LogP contribution in [0.5, 0.6) is 5.75 Å². The largest absolute Gasteiger partial charge is 0.507 e. The highest BCUT2D eigenvalue weighted by Gasteiger charge is 2.12. The van der Waals surface area contributed by atoms with Gasteiger partial charge in [0, 0.05) is 29.2 Å². The Balaban J connectivity index is 2.22. The first-order valence-electron chi connectivity index (χ1n) is 5.62. The van der Waals surface area contributed by atoms with Crippen LogP contribution in [-0.4, -0.2) is 22.3 Å². The maximum atomic E-state index is 11.9. The third kappa shape index (κ3) is 2.95. The number of amides is 1. The molecule has 0 saturated heterocycles. The molecule has 5 heteroatoms. The van der Waals surface area contributed by atoms with Crippen molar-refractivity contribution in [3.63, 3.8) is 0 Å². The minimum Gasteiger partial charge on any atom is -0.507 e. The Morgan fingerprint density at radius 3 is 2.84 bits per heavy atom. The van der Waals surface area contributed by atoms with E-state index in [0.29, 0.717) is 23.2 Å². The quantitative estimate of drug-likeness (QED) is 0.825. The molecule has 1 heterocycles. The second-order valence-electron chi connectivity index (χ2n) is 4.04. The van der Waals surface area contributed by atoms with Crippen molar-refractivity contribution in [1.82, 2.24) is 4.98 Å². The van der Waals surface area contributed by atoms with Crippen molar-refractivity contribution in [2.24, 2.45) is 0 Å². The number of aryl methyl sites for hydroxylation is 1. The van der Waals surface area contributed by atoms with Gasteiger partial charge in [-0.25, -0.2) is 0 Å². The Morgan fingerprint density at radius 2 is 2.16 bits per heavy atom. The zero-order chi connectivity index (χ0) is 13.8. The van der Waals surface area contributed by atoms with Crippen LogP contribution in [0.3, 0.4) is 0 Å². The molecule has 0 saturated carbocycles. The molecule has 0 spiro atoms. The number of pyridine rings is 1. The summed E-state index contributed by atoms with van der Waals surface area (Å²) in [5.41, 5.74) is 1.65. The van der Waals surface area contributed by atoms with Gasteiger partial charge in [-0.05, 0) is 19.1 Å². The van der Waals surface area contributed by atoms with Gasteiger partial charge in [-0.3, -0.25) is 14.6 Å². The van der Waals surface area contributed by atoms with Crippen molar-refractivity contribution < 1.29 is 14.7 Å². The lowest BCUT2D eigenvalue weighted by Gasteiger charge is -2.07. The Kier molecular flexibility index (Phi) is 3.56. The van der Waals surface area contributed by atoms with Crippen LogP contribution >= 0.6 is 0 Å². The van der Waals surface area contributed by atoms with E-state index in [9.17, 15) is 14.7 Å². The Bertz CT molecular complexity index is 638. The SMILES string of the molecule is Cc1cc(O)c(C(=O)Nc2cccc(C=O)c2)cn1. The second kappa shape index (κ2) is 5.30. The van der Waals surface area contributed by atoms with Gasteiger partial charge in [-0.2, -0.15) is 0 Å². The monoisotopic (exact) mass is 256 g/mol. The lowest BCUT2D eigenvalue weighted by Crippen LogP contribution is -2.12. The predicted octanol–water partition coefficient (Wildman–Crippen LogP) is 2.16. The van der Waals surface area contributed by atoms with E-state index >= 15 is 0 Å². The molecule has 0 aliphatic carbocycles. The molecule has 5 nitrogen and oxygen atoms in total. The average Bonchev–Trinajstić information content (AvgIpc) is 2.38. The number of hydrogen-bond donors (Lipinski definition) is 2. The number of anilines is 1. The van der Waals surface area contributed by atoms with Crippen molar-refractivity contribution in [2.75, 3.05) is 5.32 Å². The third-order valence-electron chi connectivity index (χ3n) is 2.54. The van der Waals surface area contributed by atoms with Crippen LogP contribution in [0, 0.1) is 6.92 Å². The fourth-order valence-electron chi connectivity index (χ4n) is 1.61. The zero-order valence-electron chi connectivity index (χ0n) is 10.3. The van der Waals surface area contributed by atoms with Crippen molar-refractivity contribution in [1.29, 1.82) is 0 Å². The minimum atomic E-state index is -0.479. The van der Waals surface area contributed by atoms with Gasteiger partial charge in [-0.15, -0.1) is 0 Å². The first kappa shape index (κ1) is 12.8.